The minimum Gasteiger partial charge on any atom is -0.497 e. The van der Waals surface area contributed by atoms with E-state index in [4.69, 9.17) is 18.3 Å². The van der Waals surface area contributed by atoms with Gasteiger partial charge in [-0.05, 0) is 127 Å². The first kappa shape index (κ1) is 29.0. The molecular formula is C48H30O4. The lowest BCUT2D eigenvalue weighted by atomic mass is 9.87. The Bertz CT molecular complexity index is 3020. The van der Waals surface area contributed by atoms with Crippen molar-refractivity contribution in [1.82, 2.24) is 0 Å². The maximum atomic E-state index is 6.68. The summed E-state index contributed by atoms with van der Waals surface area (Å²) < 4.78 is 24.4. The molecule has 0 N–H and O–H groups in total. The van der Waals surface area contributed by atoms with E-state index in [1.54, 1.807) is 14.2 Å². The molecule has 0 aliphatic rings. The quantitative estimate of drug-likeness (QED) is 0.138. The molecule has 0 saturated heterocycles. The summed E-state index contributed by atoms with van der Waals surface area (Å²) in [6, 6.07) is 51.6. The molecule has 0 unspecified atom stereocenters. The Balaban J connectivity index is 1.29. The molecule has 0 aliphatic carbocycles. The molecule has 0 spiro atoms. The molecular weight excluding hydrogens is 641 g/mol. The topological polar surface area (TPSA) is 44.7 Å². The first-order valence-corrected chi connectivity index (χ1v) is 17.5. The summed E-state index contributed by atoms with van der Waals surface area (Å²) in [6.45, 7) is 0. The van der Waals surface area contributed by atoms with Crippen molar-refractivity contribution in [3.05, 3.63) is 146 Å². The average Bonchev–Trinajstić information content (AvgIpc) is 3.78. The van der Waals surface area contributed by atoms with Crippen LogP contribution in [0.2, 0.25) is 0 Å². The molecule has 0 saturated carbocycles. The molecule has 9 aromatic carbocycles. The van der Waals surface area contributed by atoms with Crippen molar-refractivity contribution in [2.24, 2.45) is 0 Å². The third kappa shape index (κ3) is 4.09. The third-order valence-electron chi connectivity index (χ3n) is 10.8. The van der Waals surface area contributed by atoms with E-state index in [0.717, 1.165) is 110 Å². The second-order valence-electron chi connectivity index (χ2n) is 13.5. The Morgan fingerprint density at radius 1 is 0.365 bits per heavy atom. The molecule has 246 valence electrons. The molecule has 0 atom stereocenters. The Hall–Kier alpha value is -6.78. The monoisotopic (exact) mass is 670 g/mol. The smallest absolute Gasteiger partial charge is 0.143 e. The minimum atomic E-state index is 0.824. The van der Waals surface area contributed by atoms with Crippen LogP contribution in [-0.4, -0.2) is 14.2 Å². The summed E-state index contributed by atoms with van der Waals surface area (Å²) in [5.74, 6) is 1.65. The van der Waals surface area contributed by atoms with Crippen LogP contribution < -0.4 is 9.47 Å². The molecule has 0 aliphatic heterocycles. The fraction of sp³-hybridized carbons (Fsp3) is 0.0417. The van der Waals surface area contributed by atoms with Gasteiger partial charge in [-0.15, -0.1) is 0 Å². The van der Waals surface area contributed by atoms with Crippen LogP contribution in [0.15, 0.2) is 154 Å². The summed E-state index contributed by atoms with van der Waals surface area (Å²) in [7, 11) is 3.40. The highest BCUT2D eigenvalue weighted by atomic mass is 16.5. The summed E-state index contributed by atoms with van der Waals surface area (Å²) in [5.41, 5.74) is 8.01. The van der Waals surface area contributed by atoms with Crippen LogP contribution in [0.5, 0.6) is 11.5 Å². The second kappa shape index (κ2) is 10.9. The van der Waals surface area contributed by atoms with E-state index >= 15 is 0 Å². The van der Waals surface area contributed by atoms with E-state index in [9.17, 15) is 0 Å². The van der Waals surface area contributed by atoms with Crippen molar-refractivity contribution >= 4 is 87.0 Å². The number of methoxy groups -OCH3 is 2. The van der Waals surface area contributed by atoms with Gasteiger partial charge in [-0.1, -0.05) is 72.8 Å². The summed E-state index contributed by atoms with van der Waals surface area (Å²) >= 11 is 0. The van der Waals surface area contributed by atoms with Crippen LogP contribution in [-0.2, 0) is 0 Å². The second-order valence-corrected chi connectivity index (χ2v) is 13.5. The molecule has 0 amide bonds. The van der Waals surface area contributed by atoms with Gasteiger partial charge in [-0.25, -0.2) is 0 Å². The van der Waals surface area contributed by atoms with Gasteiger partial charge in [0.05, 0.1) is 14.2 Å². The fourth-order valence-electron chi connectivity index (χ4n) is 8.35. The largest absolute Gasteiger partial charge is 0.497 e. The number of para-hydroxylation sites is 2. The Labute approximate surface area is 298 Å². The van der Waals surface area contributed by atoms with Crippen LogP contribution >= 0.6 is 0 Å². The van der Waals surface area contributed by atoms with Crippen molar-refractivity contribution in [3.63, 3.8) is 0 Å². The normalized spacial score (nSPS) is 12.0. The molecule has 4 nitrogen and oxygen atoms in total. The van der Waals surface area contributed by atoms with E-state index in [-0.39, 0.29) is 0 Å². The van der Waals surface area contributed by atoms with Gasteiger partial charge in [0.15, 0.2) is 0 Å². The van der Waals surface area contributed by atoms with Gasteiger partial charge in [0.25, 0.3) is 0 Å². The van der Waals surface area contributed by atoms with E-state index in [1.807, 2.05) is 48.5 Å². The van der Waals surface area contributed by atoms with Crippen LogP contribution in [0.4, 0.5) is 0 Å². The number of fused-ring (bicyclic) bond motifs is 14. The molecule has 0 fully saturated rings. The molecule has 2 heterocycles. The van der Waals surface area contributed by atoms with Gasteiger partial charge in [0.2, 0.25) is 0 Å². The lowest BCUT2D eigenvalue weighted by Gasteiger charge is -2.16. The molecule has 52 heavy (non-hydrogen) atoms. The highest BCUT2D eigenvalue weighted by Crippen LogP contribution is 2.46. The Kier molecular flexibility index (Phi) is 6.06. The third-order valence-corrected chi connectivity index (χ3v) is 10.8. The number of furan rings is 2. The Morgan fingerprint density at radius 3 is 1.19 bits per heavy atom. The van der Waals surface area contributed by atoms with Crippen molar-refractivity contribution < 1.29 is 18.3 Å². The van der Waals surface area contributed by atoms with Crippen LogP contribution in [0.25, 0.3) is 109 Å². The number of benzene rings is 9. The lowest BCUT2D eigenvalue weighted by Crippen LogP contribution is -1.90. The zero-order valence-corrected chi connectivity index (χ0v) is 28.5. The molecule has 2 aromatic heterocycles. The maximum absolute atomic E-state index is 6.68. The molecule has 11 rings (SSSR count). The minimum absolute atomic E-state index is 0.824. The number of ether oxygens (including phenoxy) is 2. The number of hydrogen-bond acceptors (Lipinski definition) is 4. The zero-order valence-electron chi connectivity index (χ0n) is 28.5. The summed E-state index contributed by atoms with van der Waals surface area (Å²) in [5, 5.41) is 13.6. The number of hydrogen-bond donors (Lipinski definition) is 0. The van der Waals surface area contributed by atoms with Crippen LogP contribution in [0, 0.1) is 0 Å². The van der Waals surface area contributed by atoms with E-state index < -0.39 is 0 Å². The van der Waals surface area contributed by atoms with Gasteiger partial charge in [0.1, 0.15) is 33.8 Å². The first-order valence-electron chi connectivity index (χ1n) is 17.5. The van der Waals surface area contributed by atoms with Crippen molar-refractivity contribution in [3.8, 4) is 33.8 Å². The zero-order chi connectivity index (χ0) is 34.5. The van der Waals surface area contributed by atoms with Gasteiger partial charge in [-0.2, -0.15) is 0 Å². The van der Waals surface area contributed by atoms with E-state index in [0.29, 0.717) is 0 Å². The fourth-order valence-corrected chi connectivity index (χ4v) is 8.35. The van der Waals surface area contributed by atoms with E-state index in [2.05, 4.69) is 97.1 Å². The predicted octanol–water partition coefficient (Wildman–Crippen LogP) is 13.4. The maximum Gasteiger partial charge on any atom is 0.143 e. The predicted molar refractivity (Wildman–Crippen MR) is 215 cm³/mol. The highest BCUT2D eigenvalue weighted by Gasteiger charge is 2.20. The molecule has 0 bridgehead atoms. The van der Waals surface area contributed by atoms with Gasteiger partial charge >= 0.3 is 0 Å². The average molecular weight is 671 g/mol. The van der Waals surface area contributed by atoms with Gasteiger partial charge < -0.3 is 18.3 Å². The number of rotatable bonds is 4. The van der Waals surface area contributed by atoms with Crippen molar-refractivity contribution in [2.45, 2.75) is 0 Å². The molecule has 0 radical (unpaired) electrons. The summed E-state index contributed by atoms with van der Waals surface area (Å²) in [6.07, 6.45) is 0. The van der Waals surface area contributed by atoms with Crippen LogP contribution in [0.3, 0.4) is 0 Å². The van der Waals surface area contributed by atoms with E-state index in [1.165, 1.54) is 10.8 Å². The van der Waals surface area contributed by atoms with Crippen molar-refractivity contribution in [1.29, 1.82) is 0 Å². The van der Waals surface area contributed by atoms with Crippen LogP contribution in [0.1, 0.15) is 0 Å². The van der Waals surface area contributed by atoms with Gasteiger partial charge in [-0.3, -0.25) is 0 Å². The SMILES string of the molecule is COc1ccc(-c2cc3cc4c(cc(-c5ccc(OC)cc5)c5c4ccc4c6ccccc6oc45)cc3c3ccc4c5ccccc5oc4c23)cc1. The van der Waals surface area contributed by atoms with Crippen molar-refractivity contribution in [2.75, 3.05) is 14.2 Å². The summed E-state index contributed by atoms with van der Waals surface area (Å²) in [4.78, 5) is 0. The standard InChI is InChI=1S/C48H30O4/c1-49-31-15-11-27(12-16-31)41-25-29-23-40-30(24-39(29)35-19-21-37-33-7-3-5-9-43(33)51-47(37)45(35)41)26-42(28-13-17-32(50-2)18-14-28)46-36(40)20-22-38-34-8-4-6-10-44(34)52-48(38)46/h3-26H,1-2H3. The van der Waals surface area contributed by atoms with Gasteiger partial charge in [0, 0.05) is 32.3 Å². The lowest BCUT2D eigenvalue weighted by molar-refractivity contribution is 0.415. The molecule has 4 heteroatoms. The Morgan fingerprint density at radius 2 is 0.769 bits per heavy atom. The molecule has 11 aromatic rings. The first-order chi connectivity index (χ1) is 25.7. The highest BCUT2D eigenvalue weighted by molar-refractivity contribution is 6.30.